The molecule has 22 heavy (non-hydrogen) atoms. The third-order valence-electron chi connectivity index (χ3n) is 3.30. The quantitative estimate of drug-likeness (QED) is 0.919. The minimum absolute atomic E-state index is 0.412. The summed E-state index contributed by atoms with van der Waals surface area (Å²) in [5.41, 5.74) is 0.860. The van der Waals surface area contributed by atoms with E-state index in [0.717, 1.165) is 0 Å². The van der Waals surface area contributed by atoms with E-state index >= 15 is 0 Å². The number of hydrogen-bond donors (Lipinski definition) is 1. The topological polar surface area (TPSA) is 26.7 Å². The van der Waals surface area contributed by atoms with E-state index in [0.29, 0.717) is 20.9 Å². The normalized spacial score (nSPS) is 37.0. The van der Waals surface area contributed by atoms with Crippen LogP contribution in [0.25, 0.3) is 0 Å². The Balaban J connectivity index is 2.20. The lowest BCUT2D eigenvalue weighted by atomic mass is 10.1. The molecule has 1 atom stereocenters. The predicted octanol–water partition coefficient (Wildman–Crippen LogP) is 2.37. The Labute approximate surface area is 145 Å². The molecule has 0 aliphatic carbocycles. The van der Waals surface area contributed by atoms with Gasteiger partial charge < -0.3 is 5.11 Å². The van der Waals surface area contributed by atoms with Crippen LogP contribution in [-0.4, -0.2) is 47.0 Å². The van der Waals surface area contributed by atoms with Crippen molar-refractivity contribution in [3.63, 3.8) is 0 Å². The van der Waals surface area contributed by atoms with Crippen LogP contribution in [0.1, 0.15) is 23.5 Å². The minimum Gasteiger partial charge on any atom is -0.395 e. The van der Waals surface area contributed by atoms with Crippen LogP contribution < -0.4 is 0 Å². The zero-order chi connectivity index (χ0) is 23.3. The Bertz CT molecular complexity index is 906. The average Bonchev–Trinajstić information content (AvgIpc) is 2.69. The van der Waals surface area contributed by atoms with Crippen LogP contribution in [-0.2, 0) is 13.1 Å². The molecular weight excluding hydrogens is 272 g/mol. The van der Waals surface area contributed by atoms with E-state index in [4.69, 9.17) is 12.3 Å². The van der Waals surface area contributed by atoms with Crippen molar-refractivity contribution in [3.05, 3.63) is 71.8 Å². The molecule has 3 rings (SSSR count). The number of benzene rings is 2. The lowest BCUT2D eigenvalue weighted by molar-refractivity contribution is 0.0316. The highest BCUT2D eigenvalue weighted by atomic mass is 16.3. The summed E-state index contributed by atoms with van der Waals surface area (Å²) in [6, 6.07) is 13.1. The van der Waals surface area contributed by atoms with Gasteiger partial charge in [0, 0.05) is 46.8 Å². The van der Waals surface area contributed by atoms with Crippen molar-refractivity contribution in [2.75, 3.05) is 26.0 Å². The molecule has 1 N–H and O–H groups in total. The van der Waals surface area contributed by atoms with Gasteiger partial charge in [-0.05, 0) is 11.1 Å². The first-order valence-corrected chi connectivity index (χ1v) is 7.03. The summed E-state index contributed by atoms with van der Waals surface area (Å²) < 4.78 is 76.0. The molecule has 0 aromatic heterocycles. The highest BCUT2D eigenvalue weighted by Crippen LogP contribution is 2.16. The third-order valence-corrected chi connectivity index (χ3v) is 3.30. The van der Waals surface area contributed by atoms with E-state index in [2.05, 4.69) is 0 Å². The molecule has 116 valence electrons. The molecule has 0 saturated carbocycles. The minimum atomic E-state index is -3.54. The monoisotopic (exact) mass is 305 g/mol. The van der Waals surface area contributed by atoms with Crippen LogP contribution in [0.3, 0.4) is 0 Å². The van der Waals surface area contributed by atoms with Crippen LogP contribution in [0, 0.1) is 0 Å². The number of hydrogen-bond acceptors (Lipinski definition) is 3. The van der Waals surface area contributed by atoms with Gasteiger partial charge in [0.15, 0.2) is 0 Å². The fraction of sp³-hybridized carbons (Fsp3) is 0.368. The molecule has 3 nitrogen and oxygen atoms in total. The maximum Gasteiger partial charge on any atom is 0.0599 e. The fourth-order valence-electron chi connectivity index (χ4n) is 2.21. The number of rotatable bonds is 5. The van der Waals surface area contributed by atoms with Crippen LogP contribution in [0.5, 0.6) is 0 Å². The third kappa shape index (κ3) is 3.95. The first kappa shape index (κ1) is 7.73. The summed E-state index contributed by atoms with van der Waals surface area (Å²) in [4.78, 5) is 0.925. The van der Waals surface area contributed by atoms with Crippen molar-refractivity contribution in [1.29, 1.82) is 0 Å². The van der Waals surface area contributed by atoms with Gasteiger partial charge in [-0.2, -0.15) is 0 Å². The van der Waals surface area contributed by atoms with Gasteiger partial charge in [-0.3, -0.25) is 9.80 Å². The summed E-state index contributed by atoms with van der Waals surface area (Å²) in [7, 11) is 0. The smallest absolute Gasteiger partial charge is 0.0599 e. The average molecular weight is 305 g/mol. The molecule has 2 aromatic rings. The molecule has 1 saturated heterocycles. The number of aliphatic hydroxyl groups is 1. The van der Waals surface area contributed by atoms with Gasteiger partial charge in [-0.15, -0.1) is 0 Å². The largest absolute Gasteiger partial charge is 0.395 e. The number of piperazine rings is 1. The van der Waals surface area contributed by atoms with Gasteiger partial charge >= 0.3 is 0 Å². The molecule has 0 spiro atoms. The second-order valence-corrected chi connectivity index (χ2v) is 4.94. The highest BCUT2D eigenvalue weighted by molar-refractivity contribution is 5.16. The number of nitrogens with zero attached hydrogens (tertiary/aromatic N) is 2. The molecule has 0 bridgehead atoms. The van der Waals surface area contributed by atoms with Gasteiger partial charge in [-0.25, -0.2) is 0 Å². The molecule has 3 heteroatoms. The molecule has 1 heterocycles. The van der Waals surface area contributed by atoms with E-state index in [1.165, 1.54) is 0 Å². The molecule has 0 radical (unpaired) electrons. The first-order chi connectivity index (χ1) is 14.2. The summed E-state index contributed by atoms with van der Waals surface area (Å²) in [6.45, 7) is -13.6. The second kappa shape index (κ2) is 7.54. The highest BCUT2D eigenvalue weighted by Gasteiger charge is 2.26. The summed E-state index contributed by atoms with van der Waals surface area (Å²) in [5, 5.41) is 10.3. The first-order valence-electron chi connectivity index (χ1n) is 11.5. The van der Waals surface area contributed by atoms with Crippen molar-refractivity contribution in [2.45, 2.75) is 19.1 Å². The lowest BCUT2D eigenvalue weighted by Crippen LogP contribution is -2.53. The Morgan fingerprint density at radius 2 is 1.59 bits per heavy atom. The van der Waals surface area contributed by atoms with E-state index in [1.807, 2.05) is 0 Å². The zero-order valence-corrected chi connectivity index (χ0v) is 12.0. The van der Waals surface area contributed by atoms with E-state index in [-0.39, 0.29) is 0 Å². The Kier molecular flexibility index (Phi) is 2.65. The SMILES string of the molecule is [2H]C([2H])(O)C1([2H])N(Cc2ccccc2)C([2H])([2H])C([2H])([2H])N(Cc2ccccc2)C1([2H])[2H]. The van der Waals surface area contributed by atoms with Gasteiger partial charge in [0.05, 0.1) is 10.7 Å². The maximum absolute atomic E-state index is 10.3. The van der Waals surface area contributed by atoms with Gasteiger partial charge in [-0.1, -0.05) is 60.7 Å². The van der Waals surface area contributed by atoms with Crippen LogP contribution >= 0.6 is 0 Å². The van der Waals surface area contributed by atoms with Crippen LogP contribution in [0.2, 0.25) is 0 Å². The van der Waals surface area contributed by atoms with Crippen molar-refractivity contribution >= 4 is 0 Å². The Morgan fingerprint density at radius 1 is 1.00 bits per heavy atom. The van der Waals surface area contributed by atoms with Crippen molar-refractivity contribution in [3.8, 4) is 0 Å². The van der Waals surface area contributed by atoms with Crippen molar-refractivity contribution in [2.24, 2.45) is 0 Å². The molecule has 0 amide bonds. The standard InChI is InChI=1S/C19H24N2O/c22-16-19-15-20(13-17-7-3-1-4-8-17)11-12-21(19)14-18-9-5-2-6-10-18/h1-10,19,22H,11-16H2/i11D2,12D2,15D2,16D2,19D. The molecule has 1 unspecified atom stereocenters. The lowest BCUT2D eigenvalue weighted by Gasteiger charge is -2.40. The van der Waals surface area contributed by atoms with E-state index in [9.17, 15) is 5.11 Å². The molecule has 1 aliphatic rings. The van der Waals surface area contributed by atoms with Crippen molar-refractivity contribution < 1.29 is 17.4 Å². The Morgan fingerprint density at radius 3 is 2.18 bits per heavy atom. The van der Waals surface area contributed by atoms with E-state index < -0.39 is 45.2 Å². The summed E-state index contributed by atoms with van der Waals surface area (Å²) >= 11 is 0. The zero-order valence-electron chi connectivity index (χ0n) is 21.0. The van der Waals surface area contributed by atoms with Gasteiger partial charge in [0.1, 0.15) is 0 Å². The van der Waals surface area contributed by atoms with Crippen molar-refractivity contribution in [1.82, 2.24) is 9.80 Å². The van der Waals surface area contributed by atoms with E-state index in [1.54, 1.807) is 60.7 Å². The molecule has 1 aliphatic heterocycles. The molecular formula is C19H24N2O. The van der Waals surface area contributed by atoms with Crippen LogP contribution in [0.4, 0.5) is 0 Å². The maximum atomic E-state index is 10.3. The molecule has 2 aromatic carbocycles. The van der Waals surface area contributed by atoms with Crippen LogP contribution in [0.15, 0.2) is 60.7 Å². The fourth-order valence-corrected chi connectivity index (χ4v) is 2.21. The second-order valence-electron chi connectivity index (χ2n) is 4.94. The predicted molar refractivity (Wildman–Crippen MR) is 89.4 cm³/mol. The summed E-state index contributed by atoms with van der Waals surface area (Å²) in [6.07, 6.45) is 0. The van der Waals surface area contributed by atoms with Gasteiger partial charge in [0.25, 0.3) is 0 Å². The summed E-state index contributed by atoms with van der Waals surface area (Å²) in [5.74, 6) is 0. The van der Waals surface area contributed by atoms with Gasteiger partial charge in [0.2, 0.25) is 0 Å². The Hall–Kier alpha value is -1.68. The molecule has 1 fully saturated rings.